The average Bonchev–Trinajstić information content (AvgIpc) is 2.13. The number of ether oxygens (including phenoxy) is 1. The molecule has 0 aliphatic carbocycles. The van der Waals surface area contributed by atoms with Crippen LogP contribution in [0.1, 0.15) is 12.5 Å². The molecule has 0 fully saturated rings. The maximum atomic E-state index is 10.4. The van der Waals surface area contributed by atoms with E-state index in [0.717, 1.165) is 5.56 Å². The number of aryl methyl sites for hydroxylation is 1. The minimum atomic E-state index is -4.45. The standard InChI is InChI=1S/C10H13ClO5S.Na/c1-7-5-9(11)3-4-10(7)15-6-8(2)16-17(12,13)14;/h3-5,8H,6H2,1-2H3,(H,12,13,14);/q;+1. The minimum Gasteiger partial charge on any atom is -0.491 e. The summed E-state index contributed by atoms with van der Waals surface area (Å²) in [7, 11) is -4.45. The van der Waals surface area contributed by atoms with Gasteiger partial charge in [-0.15, -0.1) is 0 Å². The number of benzene rings is 1. The van der Waals surface area contributed by atoms with Gasteiger partial charge in [-0.05, 0) is 37.6 Å². The van der Waals surface area contributed by atoms with Crippen LogP contribution in [0.2, 0.25) is 5.02 Å². The monoisotopic (exact) mass is 303 g/mol. The van der Waals surface area contributed by atoms with E-state index in [1.54, 1.807) is 18.2 Å². The summed E-state index contributed by atoms with van der Waals surface area (Å²) < 4.78 is 38.9. The summed E-state index contributed by atoms with van der Waals surface area (Å²) in [5.74, 6) is 0.584. The molecule has 18 heavy (non-hydrogen) atoms. The van der Waals surface area contributed by atoms with Gasteiger partial charge in [-0.1, -0.05) is 11.6 Å². The predicted octanol–water partition coefficient (Wildman–Crippen LogP) is -0.761. The van der Waals surface area contributed by atoms with E-state index in [1.807, 2.05) is 6.92 Å². The Bertz CT molecular complexity index is 491. The fraction of sp³-hybridized carbons (Fsp3) is 0.400. The van der Waals surface area contributed by atoms with Crippen LogP contribution in [0.4, 0.5) is 0 Å². The first-order chi connectivity index (χ1) is 7.78. The largest absolute Gasteiger partial charge is 1.00 e. The fourth-order valence-corrected chi connectivity index (χ4v) is 1.91. The van der Waals surface area contributed by atoms with E-state index in [2.05, 4.69) is 4.18 Å². The Morgan fingerprint density at radius 2 is 2.06 bits per heavy atom. The fourth-order valence-electron chi connectivity index (χ4n) is 1.22. The second-order valence-corrected chi connectivity index (χ2v) is 5.04. The molecule has 0 aliphatic rings. The van der Waals surface area contributed by atoms with Crippen LogP contribution >= 0.6 is 11.6 Å². The summed E-state index contributed by atoms with van der Waals surface area (Å²) in [5.41, 5.74) is 0.830. The van der Waals surface area contributed by atoms with Crippen LogP contribution in [0.25, 0.3) is 0 Å². The van der Waals surface area contributed by atoms with Crippen molar-refractivity contribution < 1.29 is 51.4 Å². The van der Waals surface area contributed by atoms with Gasteiger partial charge in [0.25, 0.3) is 0 Å². The van der Waals surface area contributed by atoms with Gasteiger partial charge < -0.3 is 4.74 Å². The first-order valence-corrected chi connectivity index (χ1v) is 6.57. The molecule has 0 heterocycles. The van der Waals surface area contributed by atoms with Gasteiger partial charge >= 0.3 is 40.0 Å². The van der Waals surface area contributed by atoms with Crippen molar-refractivity contribution >= 4 is 22.0 Å². The van der Waals surface area contributed by atoms with Crippen LogP contribution in [0.15, 0.2) is 18.2 Å². The zero-order valence-corrected chi connectivity index (χ0v) is 14.0. The van der Waals surface area contributed by atoms with Crippen LogP contribution in [-0.4, -0.2) is 25.7 Å². The number of rotatable bonds is 5. The van der Waals surface area contributed by atoms with Gasteiger partial charge in [-0.25, -0.2) is 4.18 Å². The third-order valence-corrected chi connectivity index (χ3v) is 2.70. The summed E-state index contributed by atoms with van der Waals surface area (Å²) >= 11 is 5.77. The molecule has 1 aromatic rings. The van der Waals surface area contributed by atoms with Crippen LogP contribution < -0.4 is 34.3 Å². The van der Waals surface area contributed by atoms with Crippen molar-refractivity contribution in [1.82, 2.24) is 0 Å². The van der Waals surface area contributed by atoms with Crippen molar-refractivity contribution in [3.63, 3.8) is 0 Å². The van der Waals surface area contributed by atoms with Crippen molar-refractivity contribution in [2.45, 2.75) is 20.0 Å². The normalized spacial score (nSPS) is 12.7. The Kier molecular flexibility index (Phi) is 7.77. The van der Waals surface area contributed by atoms with Crippen LogP contribution in [-0.2, 0) is 14.6 Å². The topological polar surface area (TPSA) is 72.8 Å². The van der Waals surface area contributed by atoms with Crippen LogP contribution in [0.5, 0.6) is 5.75 Å². The molecule has 1 atom stereocenters. The molecule has 0 radical (unpaired) electrons. The molecule has 1 rings (SSSR count). The predicted molar refractivity (Wildman–Crippen MR) is 63.8 cm³/mol. The van der Waals surface area contributed by atoms with Gasteiger partial charge in [-0.2, -0.15) is 8.42 Å². The van der Waals surface area contributed by atoms with Gasteiger partial charge in [0.1, 0.15) is 18.5 Å². The van der Waals surface area contributed by atoms with Gasteiger partial charge in [0.05, 0.1) is 0 Å². The molecule has 1 aromatic carbocycles. The van der Waals surface area contributed by atoms with E-state index in [1.165, 1.54) is 6.92 Å². The van der Waals surface area contributed by atoms with Gasteiger partial charge in [0.2, 0.25) is 0 Å². The summed E-state index contributed by atoms with van der Waals surface area (Å²) in [4.78, 5) is 0. The first-order valence-electron chi connectivity index (χ1n) is 4.82. The zero-order chi connectivity index (χ0) is 13.1. The Morgan fingerprint density at radius 3 is 2.56 bits per heavy atom. The molecule has 0 saturated carbocycles. The molecule has 1 N–H and O–H groups in total. The Labute approximate surface area is 134 Å². The molecule has 0 spiro atoms. The maximum Gasteiger partial charge on any atom is 1.00 e. The third kappa shape index (κ3) is 6.94. The van der Waals surface area contributed by atoms with E-state index in [0.29, 0.717) is 10.8 Å². The number of halogens is 1. The van der Waals surface area contributed by atoms with E-state index < -0.39 is 16.5 Å². The SMILES string of the molecule is Cc1cc(Cl)ccc1OCC(C)OS(=O)(=O)O.[Na+]. The van der Waals surface area contributed by atoms with Crippen molar-refractivity contribution in [3.8, 4) is 5.75 Å². The molecule has 1 unspecified atom stereocenters. The third-order valence-electron chi connectivity index (χ3n) is 1.90. The molecule has 96 valence electrons. The number of hydrogen-bond donors (Lipinski definition) is 1. The van der Waals surface area contributed by atoms with Crippen molar-refractivity contribution in [3.05, 3.63) is 28.8 Å². The summed E-state index contributed by atoms with van der Waals surface area (Å²) in [5, 5.41) is 0.595. The van der Waals surface area contributed by atoms with Crippen molar-refractivity contribution in [2.75, 3.05) is 6.61 Å². The smallest absolute Gasteiger partial charge is 0.491 e. The average molecular weight is 304 g/mol. The molecule has 8 heteroatoms. The van der Waals surface area contributed by atoms with Crippen molar-refractivity contribution in [1.29, 1.82) is 0 Å². The second kappa shape index (κ2) is 7.69. The van der Waals surface area contributed by atoms with E-state index >= 15 is 0 Å². The summed E-state index contributed by atoms with van der Waals surface area (Å²) in [6.45, 7) is 3.29. The molecule has 0 aliphatic heterocycles. The molecule has 0 amide bonds. The molecule has 0 bridgehead atoms. The summed E-state index contributed by atoms with van der Waals surface area (Å²) in [6.07, 6.45) is -0.778. The van der Waals surface area contributed by atoms with E-state index in [-0.39, 0.29) is 36.2 Å². The molecular formula is C10H13ClNaO5S+. The minimum absolute atomic E-state index is 0. The molecule has 5 nitrogen and oxygen atoms in total. The van der Waals surface area contributed by atoms with E-state index in [4.69, 9.17) is 20.9 Å². The maximum absolute atomic E-state index is 10.4. The molecular weight excluding hydrogens is 291 g/mol. The molecule has 0 saturated heterocycles. The summed E-state index contributed by atoms with van der Waals surface area (Å²) in [6, 6.07) is 5.07. The first kappa shape index (κ1) is 18.2. The van der Waals surface area contributed by atoms with Crippen molar-refractivity contribution in [2.24, 2.45) is 0 Å². The Morgan fingerprint density at radius 1 is 1.44 bits per heavy atom. The van der Waals surface area contributed by atoms with Crippen LogP contribution in [0.3, 0.4) is 0 Å². The van der Waals surface area contributed by atoms with Gasteiger partial charge in [-0.3, -0.25) is 4.55 Å². The Balaban J connectivity index is 0.00000289. The van der Waals surface area contributed by atoms with E-state index in [9.17, 15) is 8.42 Å². The number of hydrogen-bond acceptors (Lipinski definition) is 4. The van der Waals surface area contributed by atoms with Gasteiger partial charge in [0.15, 0.2) is 0 Å². The second-order valence-electron chi connectivity index (χ2n) is 3.56. The zero-order valence-electron chi connectivity index (χ0n) is 10.4. The quantitative estimate of drug-likeness (QED) is 0.572. The Hall–Kier alpha value is 0.180. The van der Waals surface area contributed by atoms with Gasteiger partial charge in [0, 0.05) is 5.02 Å². The van der Waals surface area contributed by atoms with Crippen LogP contribution in [0, 0.1) is 6.92 Å². The molecule has 0 aromatic heterocycles.